The molecule has 98 valence electrons. The number of nitrogens with one attached hydrogen (secondary N) is 2. The standard InChI is InChI=1S/C13H25N3O/c1-10(2)9-15-13(17)11(3)16-12-7-5-4-6-8-14-12/h10-11H,4-9H2,1-3H3,(H,14,16)(H,15,17). The maximum absolute atomic E-state index is 11.8. The van der Waals surface area contributed by atoms with E-state index in [-0.39, 0.29) is 11.9 Å². The van der Waals surface area contributed by atoms with E-state index in [1.165, 1.54) is 19.3 Å². The van der Waals surface area contributed by atoms with Gasteiger partial charge in [0.05, 0.1) is 5.84 Å². The minimum Gasteiger partial charge on any atom is -0.362 e. The summed E-state index contributed by atoms with van der Waals surface area (Å²) in [4.78, 5) is 16.2. The number of amidine groups is 1. The number of rotatable bonds is 4. The average Bonchev–Trinajstić information content (AvgIpc) is 2.54. The maximum atomic E-state index is 11.8. The Morgan fingerprint density at radius 1 is 1.29 bits per heavy atom. The van der Waals surface area contributed by atoms with Crippen molar-refractivity contribution in [2.24, 2.45) is 10.9 Å². The monoisotopic (exact) mass is 239 g/mol. The molecule has 1 rings (SSSR count). The third-order valence-corrected chi connectivity index (χ3v) is 2.84. The molecule has 1 unspecified atom stereocenters. The highest BCUT2D eigenvalue weighted by Gasteiger charge is 2.14. The molecule has 1 heterocycles. The molecule has 2 N–H and O–H groups in total. The highest BCUT2D eigenvalue weighted by molar-refractivity contribution is 5.89. The van der Waals surface area contributed by atoms with Gasteiger partial charge in [0.2, 0.25) is 5.91 Å². The topological polar surface area (TPSA) is 53.5 Å². The number of nitrogens with zero attached hydrogens (tertiary/aromatic N) is 1. The first-order valence-corrected chi connectivity index (χ1v) is 6.67. The van der Waals surface area contributed by atoms with E-state index in [0.717, 1.165) is 25.3 Å². The summed E-state index contributed by atoms with van der Waals surface area (Å²) in [6.07, 6.45) is 4.55. The van der Waals surface area contributed by atoms with Crippen molar-refractivity contribution in [2.45, 2.75) is 52.5 Å². The van der Waals surface area contributed by atoms with E-state index in [1.807, 2.05) is 6.92 Å². The van der Waals surface area contributed by atoms with Crippen LogP contribution in [0.25, 0.3) is 0 Å². The van der Waals surface area contributed by atoms with E-state index in [0.29, 0.717) is 5.92 Å². The van der Waals surface area contributed by atoms with Gasteiger partial charge in [0, 0.05) is 19.5 Å². The molecule has 0 spiro atoms. The lowest BCUT2D eigenvalue weighted by molar-refractivity contribution is -0.122. The molecule has 0 aromatic carbocycles. The Labute approximate surface area is 104 Å². The highest BCUT2D eigenvalue weighted by atomic mass is 16.2. The van der Waals surface area contributed by atoms with Gasteiger partial charge in [-0.05, 0) is 25.7 Å². The van der Waals surface area contributed by atoms with Crippen molar-refractivity contribution in [2.75, 3.05) is 13.1 Å². The second-order valence-corrected chi connectivity index (χ2v) is 5.14. The van der Waals surface area contributed by atoms with E-state index >= 15 is 0 Å². The predicted molar refractivity (Wildman–Crippen MR) is 71.2 cm³/mol. The normalized spacial score (nSPS) is 18.2. The Hall–Kier alpha value is -1.06. The molecular formula is C13H25N3O. The molecule has 0 fully saturated rings. The van der Waals surface area contributed by atoms with Crippen molar-refractivity contribution in [3.8, 4) is 0 Å². The van der Waals surface area contributed by atoms with Crippen LogP contribution in [0.15, 0.2) is 4.99 Å². The summed E-state index contributed by atoms with van der Waals surface area (Å²) in [6.45, 7) is 7.70. The van der Waals surface area contributed by atoms with Crippen LogP contribution in [-0.2, 0) is 4.79 Å². The molecule has 0 aromatic rings. The highest BCUT2D eigenvalue weighted by Crippen LogP contribution is 2.06. The summed E-state index contributed by atoms with van der Waals surface area (Å²) in [5, 5.41) is 6.15. The van der Waals surface area contributed by atoms with Gasteiger partial charge in [-0.2, -0.15) is 0 Å². The lowest BCUT2D eigenvalue weighted by atomic mass is 10.2. The Balaban J connectivity index is 2.33. The molecule has 0 saturated carbocycles. The molecule has 17 heavy (non-hydrogen) atoms. The minimum absolute atomic E-state index is 0.0608. The fraction of sp³-hybridized carbons (Fsp3) is 0.846. The van der Waals surface area contributed by atoms with Crippen molar-refractivity contribution >= 4 is 11.7 Å². The average molecular weight is 239 g/mol. The van der Waals surface area contributed by atoms with Crippen molar-refractivity contribution in [1.29, 1.82) is 0 Å². The summed E-state index contributed by atoms with van der Waals surface area (Å²) in [7, 11) is 0. The molecule has 0 bridgehead atoms. The lowest BCUT2D eigenvalue weighted by Gasteiger charge is -2.17. The third kappa shape index (κ3) is 5.71. The summed E-state index contributed by atoms with van der Waals surface area (Å²) < 4.78 is 0. The van der Waals surface area contributed by atoms with Gasteiger partial charge in [-0.15, -0.1) is 0 Å². The lowest BCUT2D eigenvalue weighted by Crippen LogP contribution is -2.45. The molecule has 1 aliphatic heterocycles. The van der Waals surface area contributed by atoms with Crippen LogP contribution in [0.1, 0.15) is 46.5 Å². The van der Waals surface area contributed by atoms with Crippen molar-refractivity contribution in [1.82, 2.24) is 10.6 Å². The van der Waals surface area contributed by atoms with E-state index < -0.39 is 0 Å². The second kappa shape index (κ2) is 7.30. The molecule has 4 heteroatoms. The first-order valence-electron chi connectivity index (χ1n) is 6.67. The largest absolute Gasteiger partial charge is 0.362 e. The van der Waals surface area contributed by atoms with Gasteiger partial charge in [-0.3, -0.25) is 9.79 Å². The minimum atomic E-state index is -0.189. The molecule has 0 aromatic heterocycles. The van der Waals surface area contributed by atoms with Crippen LogP contribution in [-0.4, -0.2) is 30.9 Å². The summed E-state index contributed by atoms with van der Waals surface area (Å²) in [5.74, 6) is 1.54. The van der Waals surface area contributed by atoms with Gasteiger partial charge in [-0.25, -0.2) is 0 Å². The fourth-order valence-electron chi connectivity index (χ4n) is 1.77. The molecule has 1 aliphatic rings. The zero-order valence-corrected chi connectivity index (χ0v) is 11.3. The molecule has 0 saturated heterocycles. The molecule has 1 atom stereocenters. The summed E-state index contributed by atoms with van der Waals surface area (Å²) in [5.41, 5.74) is 0. The molecular weight excluding hydrogens is 214 g/mol. The molecule has 4 nitrogen and oxygen atoms in total. The number of aliphatic imine (C=N–C) groups is 1. The number of amides is 1. The van der Waals surface area contributed by atoms with Crippen molar-refractivity contribution in [3.63, 3.8) is 0 Å². The zero-order valence-electron chi connectivity index (χ0n) is 11.3. The Morgan fingerprint density at radius 2 is 2.06 bits per heavy atom. The summed E-state index contributed by atoms with van der Waals surface area (Å²) in [6, 6.07) is -0.189. The van der Waals surface area contributed by atoms with Gasteiger partial charge in [-0.1, -0.05) is 20.3 Å². The summed E-state index contributed by atoms with van der Waals surface area (Å²) >= 11 is 0. The van der Waals surface area contributed by atoms with Crippen LogP contribution >= 0.6 is 0 Å². The fourth-order valence-corrected chi connectivity index (χ4v) is 1.77. The van der Waals surface area contributed by atoms with Crippen molar-refractivity contribution < 1.29 is 4.79 Å². The third-order valence-electron chi connectivity index (χ3n) is 2.84. The maximum Gasteiger partial charge on any atom is 0.242 e. The first kappa shape index (κ1) is 14.0. The van der Waals surface area contributed by atoms with E-state index in [1.54, 1.807) is 0 Å². The van der Waals surface area contributed by atoms with Crippen molar-refractivity contribution in [3.05, 3.63) is 0 Å². The van der Waals surface area contributed by atoms with Crippen LogP contribution in [0.4, 0.5) is 0 Å². The Bertz CT molecular complexity index is 274. The predicted octanol–water partition coefficient (Wildman–Crippen LogP) is 1.71. The van der Waals surface area contributed by atoms with Crippen LogP contribution in [0, 0.1) is 5.92 Å². The molecule has 0 radical (unpaired) electrons. The van der Waals surface area contributed by atoms with E-state index in [4.69, 9.17) is 0 Å². The number of carbonyl (C=O) groups excluding carboxylic acids is 1. The van der Waals surface area contributed by atoms with Gasteiger partial charge >= 0.3 is 0 Å². The van der Waals surface area contributed by atoms with Gasteiger partial charge in [0.1, 0.15) is 6.04 Å². The van der Waals surface area contributed by atoms with Crippen LogP contribution in [0.2, 0.25) is 0 Å². The number of hydrogen-bond acceptors (Lipinski definition) is 3. The second-order valence-electron chi connectivity index (χ2n) is 5.14. The Kier molecular flexibility index (Phi) is 6.01. The SMILES string of the molecule is CC(C)CNC(=O)C(C)NC1=NCCCCC1. The van der Waals surface area contributed by atoms with E-state index in [2.05, 4.69) is 29.5 Å². The van der Waals surface area contributed by atoms with Gasteiger partial charge < -0.3 is 10.6 Å². The molecule has 1 amide bonds. The number of carbonyl (C=O) groups is 1. The van der Waals surface area contributed by atoms with Crippen LogP contribution in [0.5, 0.6) is 0 Å². The smallest absolute Gasteiger partial charge is 0.242 e. The number of hydrogen-bond donors (Lipinski definition) is 2. The van der Waals surface area contributed by atoms with Gasteiger partial charge in [0.25, 0.3) is 0 Å². The molecule has 0 aliphatic carbocycles. The Morgan fingerprint density at radius 3 is 2.76 bits per heavy atom. The first-order chi connectivity index (χ1) is 8.09. The zero-order chi connectivity index (χ0) is 12.7. The quantitative estimate of drug-likeness (QED) is 0.784. The van der Waals surface area contributed by atoms with Crippen LogP contribution in [0.3, 0.4) is 0 Å². The van der Waals surface area contributed by atoms with Gasteiger partial charge in [0.15, 0.2) is 0 Å². The van der Waals surface area contributed by atoms with E-state index in [9.17, 15) is 4.79 Å². The van der Waals surface area contributed by atoms with Crippen LogP contribution < -0.4 is 10.6 Å².